The van der Waals surface area contributed by atoms with Gasteiger partial charge in [-0.15, -0.1) is 0 Å². The summed E-state index contributed by atoms with van der Waals surface area (Å²) in [6.45, 7) is 4.03. The first-order chi connectivity index (χ1) is 7.79. The van der Waals surface area contributed by atoms with Crippen molar-refractivity contribution < 1.29 is 0 Å². The third-order valence-electron chi connectivity index (χ3n) is 3.59. The molecule has 1 saturated heterocycles. The van der Waals surface area contributed by atoms with Crippen LogP contribution in [0.3, 0.4) is 0 Å². The van der Waals surface area contributed by atoms with Gasteiger partial charge in [-0.2, -0.15) is 5.26 Å². The lowest BCUT2D eigenvalue weighted by molar-refractivity contribution is 0.564. The van der Waals surface area contributed by atoms with Crippen molar-refractivity contribution in [3.63, 3.8) is 0 Å². The average molecular weight is 211 g/mol. The summed E-state index contributed by atoms with van der Waals surface area (Å²) in [7, 11) is 0. The number of pyridine rings is 1. The Hall–Kier alpha value is -1.66. The van der Waals surface area contributed by atoms with Crippen LogP contribution in [0.2, 0.25) is 0 Å². The highest BCUT2D eigenvalue weighted by Crippen LogP contribution is 2.42. The second-order valence-corrected chi connectivity index (χ2v) is 4.52. The van der Waals surface area contributed by atoms with Crippen LogP contribution >= 0.6 is 0 Å². The molecule has 0 bridgehead atoms. The van der Waals surface area contributed by atoms with Gasteiger partial charge in [-0.25, -0.2) is 0 Å². The third-order valence-corrected chi connectivity index (χ3v) is 3.59. The van der Waals surface area contributed by atoms with Crippen molar-refractivity contribution in [3.05, 3.63) is 35.2 Å². The summed E-state index contributed by atoms with van der Waals surface area (Å²) >= 11 is 0. The van der Waals surface area contributed by atoms with Crippen molar-refractivity contribution in [2.24, 2.45) is 11.8 Å². The molecule has 1 aliphatic carbocycles. The molecule has 1 N–H and O–H groups in total. The molecule has 3 rings (SSSR count). The summed E-state index contributed by atoms with van der Waals surface area (Å²) in [4.78, 5) is 4.28. The molecule has 0 spiro atoms. The second-order valence-electron chi connectivity index (χ2n) is 4.52. The maximum atomic E-state index is 8.98. The molecular weight excluding hydrogens is 198 g/mol. The highest BCUT2D eigenvalue weighted by molar-refractivity contribution is 5.74. The number of nitrogens with zero attached hydrogens (tertiary/aromatic N) is 2. The number of fused-ring (bicyclic) bond motifs is 1. The quantitative estimate of drug-likeness (QED) is 0.765. The van der Waals surface area contributed by atoms with Gasteiger partial charge in [0.25, 0.3) is 0 Å². The van der Waals surface area contributed by atoms with E-state index in [-0.39, 0.29) is 0 Å². The fraction of sp³-hybridized carbons (Fsp3) is 0.385. The minimum Gasteiger partial charge on any atom is -0.315 e. The maximum Gasteiger partial charge on any atom is 0.101 e. The van der Waals surface area contributed by atoms with Crippen LogP contribution in [0.25, 0.3) is 5.57 Å². The molecule has 1 aromatic rings. The van der Waals surface area contributed by atoms with Crippen molar-refractivity contribution in [2.75, 3.05) is 13.1 Å². The Morgan fingerprint density at radius 3 is 3.12 bits per heavy atom. The Bertz CT molecular complexity index is 510. The number of rotatable bonds is 1. The lowest BCUT2D eigenvalue weighted by Gasteiger charge is -2.29. The molecule has 1 aromatic heterocycles. The fourth-order valence-corrected chi connectivity index (χ4v) is 2.56. The van der Waals surface area contributed by atoms with E-state index in [4.69, 9.17) is 5.26 Å². The molecule has 0 unspecified atom stereocenters. The first-order valence-electron chi connectivity index (χ1n) is 5.59. The smallest absolute Gasteiger partial charge is 0.101 e. The molecule has 0 radical (unpaired) electrons. The highest BCUT2D eigenvalue weighted by atomic mass is 14.9. The van der Waals surface area contributed by atoms with Crippen LogP contribution < -0.4 is 5.32 Å². The summed E-state index contributed by atoms with van der Waals surface area (Å²) in [5.41, 5.74) is 3.98. The van der Waals surface area contributed by atoms with Crippen molar-refractivity contribution in [1.29, 1.82) is 5.26 Å². The van der Waals surface area contributed by atoms with Crippen LogP contribution in [-0.4, -0.2) is 18.1 Å². The van der Waals surface area contributed by atoms with E-state index in [1.54, 1.807) is 0 Å². The predicted octanol–water partition coefficient (Wildman–Crippen LogP) is 1.49. The maximum absolute atomic E-state index is 8.98. The summed E-state index contributed by atoms with van der Waals surface area (Å²) < 4.78 is 0. The zero-order valence-corrected chi connectivity index (χ0v) is 9.20. The van der Waals surface area contributed by atoms with Crippen LogP contribution in [0.4, 0.5) is 0 Å². The van der Waals surface area contributed by atoms with Gasteiger partial charge in [0.2, 0.25) is 0 Å². The van der Waals surface area contributed by atoms with E-state index in [1.807, 2.05) is 19.2 Å². The van der Waals surface area contributed by atoms with Crippen LogP contribution in [-0.2, 0) is 0 Å². The first kappa shape index (κ1) is 9.56. The second kappa shape index (κ2) is 3.43. The first-order valence-corrected chi connectivity index (χ1v) is 5.59. The molecule has 2 atom stereocenters. The lowest BCUT2D eigenvalue weighted by atomic mass is 9.74. The molecule has 3 nitrogen and oxygen atoms in total. The molecule has 2 aliphatic rings. The van der Waals surface area contributed by atoms with E-state index in [9.17, 15) is 0 Å². The number of nitriles is 1. The Morgan fingerprint density at radius 2 is 2.38 bits per heavy atom. The zero-order chi connectivity index (χ0) is 11.1. The minimum absolute atomic E-state index is 0.635. The topological polar surface area (TPSA) is 48.7 Å². The Balaban J connectivity index is 1.97. The number of hydrogen-bond acceptors (Lipinski definition) is 3. The van der Waals surface area contributed by atoms with E-state index in [0.29, 0.717) is 17.4 Å². The van der Waals surface area contributed by atoms with Crippen LogP contribution in [0.15, 0.2) is 18.3 Å². The SMILES string of the molecule is Cc1ncc(C2=C[C@H]3CNC[C@@H]23)cc1C#N. The van der Waals surface area contributed by atoms with Gasteiger partial charge in [0, 0.05) is 25.2 Å². The fourth-order valence-electron chi connectivity index (χ4n) is 2.56. The predicted molar refractivity (Wildman–Crippen MR) is 61.5 cm³/mol. The standard InChI is InChI=1S/C13H13N3/c1-8-9(4-14)2-10(6-16-8)12-3-11-5-15-7-13(11)12/h2-3,6,11,13,15H,5,7H2,1H3/t11-,13+/m0/s1. The van der Waals surface area contributed by atoms with Gasteiger partial charge >= 0.3 is 0 Å². The van der Waals surface area contributed by atoms with Gasteiger partial charge in [-0.05, 0) is 30.0 Å². The van der Waals surface area contributed by atoms with Gasteiger partial charge in [0.05, 0.1) is 11.3 Å². The van der Waals surface area contributed by atoms with Gasteiger partial charge in [0.1, 0.15) is 6.07 Å². The van der Waals surface area contributed by atoms with E-state index in [0.717, 1.165) is 24.3 Å². The Kier molecular flexibility index (Phi) is 2.05. The van der Waals surface area contributed by atoms with Crippen LogP contribution in [0.1, 0.15) is 16.8 Å². The molecule has 1 fully saturated rings. The van der Waals surface area contributed by atoms with Crippen LogP contribution in [0.5, 0.6) is 0 Å². The van der Waals surface area contributed by atoms with Crippen molar-refractivity contribution in [3.8, 4) is 6.07 Å². The zero-order valence-electron chi connectivity index (χ0n) is 9.20. The molecular formula is C13H13N3. The summed E-state index contributed by atoms with van der Waals surface area (Å²) in [5.74, 6) is 1.33. The van der Waals surface area contributed by atoms with E-state index >= 15 is 0 Å². The van der Waals surface area contributed by atoms with Gasteiger partial charge < -0.3 is 5.32 Å². The Morgan fingerprint density at radius 1 is 1.50 bits per heavy atom. The van der Waals surface area contributed by atoms with E-state index < -0.39 is 0 Å². The molecule has 0 amide bonds. The van der Waals surface area contributed by atoms with Crippen molar-refractivity contribution in [1.82, 2.24) is 10.3 Å². The van der Waals surface area contributed by atoms with Gasteiger partial charge in [-0.3, -0.25) is 4.98 Å². The monoisotopic (exact) mass is 211 g/mol. The van der Waals surface area contributed by atoms with E-state index in [1.165, 1.54) is 5.57 Å². The Labute approximate surface area is 94.8 Å². The highest BCUT2D eigenvalue weighted by Gasteiger charge is 2.36. The largest absolute Gasteiger partial charge is 0.315 e. The average Bonchev–Trinajstić information content (AvgIpc) is 2.63. The normalized spacial score (nSPS) is 26.6. The van der Waals surface area contributed by atoms with Crippen molar-refractivity contribution in [2.45, 2.75) is 6.92 Å². The van der Waals surface area contributed by atoms with Crippen molar-refractivity contribution >= 4 is 5.57 Å². The molecule has 2 heterocycles. The number of nitrogens with one attached hydrogen (secondary N) is 1. The molecule has 16 heavy (non-hydrogen) atoms. The number of aryl methyl sites for hydroxylation is 1. The summed E-state index contributed by atoms with van der Waals surface area (Å²) in [6, 6.07) is 4.15. The lowest BCUT2D eigenvalue weighted by Crippen LogP contribution is -2.22. The molecule has 3 heteroatoms. The van der Waals surface area contributed by atoms with Gasteiger partial charge in [0.15, 0.2) is 0 Å². The minimum atomic E-state index is 0.635. The molecule has 1 aliphatic heterocycles. The van der Waals surface area contributed by atoms with Gasteiger partial charge in [-0.1, -0.05) is 6.08 Å². The number of aromatic nitrogens is 1. The molecule has 0 saturated carbocycles. The summed E-state index contributed by atoms with van der Waals surface area (Å²) in [6.07, 6.45) is 4.19. The van der Waals surface area contributed by atoms with E-state index in [2.05, 4.69) is 22.4 Å². The molecule has 0 aromatic carbocycles. The molecule has 80 valence electrons. The van der Waals surface area contributed by atoms with Crippen LogP contribution in [0, 0.1) is 30.1 Å². The number of hydrogen-bond donors (Lipinski definition) is 1. The third kappa shape index (κ3) is 1.27. The summed E-state index contributed by atoms with van der Waals surface area (Å²) in [5, 5.41) is 12.4.